The van der Waals surface area contributed by atoms with Gasteiger partial charge in [-0.15, -0.1) is 0 Å². The number of alkyl halides is 3. The van der Waals surface area contributed by atoms with Crippen molar-refractivity contribution in [3.8, 4) is 0 Å². The van der Waals surface area contributed by atoms with Gasteiger partial charge in [0.1, 0.15) is 21.2 Å². The molecular weight excluding hydrogens is 421 g/mol. The average molecular weight is 442 g/mol. The van der Waals surface area contributed by atoms with Crippen molar-refractivity contribution in [1.82, 2.24) is 9.97 Å². The molecule has 0 spiro atoms. The van der Waals surface area contributed by atoms with E-state index < -0.39 is 21.6 Å². The zero-order chi connectivity index (χ0) is 21.9. The van der Waals surface area contributed by atoms with Gasteiger partial charge in [-0.1, -0.05) is 6.07 Å². The third-order valence-corrected chi connectivity index (χ3v) is 5.24. The standard InChI is InChI=1S/C18H21F3N6O2S/c1-30(28,29)8-7-23-14-3-2-4-15(12(14)9-22)26-17-24-10-13(18(19,20)21)16(27-17)25-11-5-6-11/h2-4,9-11,22-23H,5-8H2,1H3,(H2,24,25,26,27). The van der Waals surface area contributed by atoms with Crippen LogP contribution in [0.1, 0.15) is 24.0 Å². The number of aromatic nitrogens is 2. The monoisotopic (exact) mass is 442 g/mol. The maximum absolute atomic E-state index is 13.2. The van der Waals surface area contributed by atoms with Crippen LogP contribution in [0.25, 0.3) is 0 Å². The van der Waals surface area contributed by atoms with Crippen molar-refractivity contribution < 1.29 is 21.6 Å². The fourth-order valence-electron chi connectivity index (χ4n) is 2.66. The van der Waals surface area contributed by atoms with Gasteiger partial charge >= 0.3 is 6.18 Å². The number of hydrogen-bond acceptors (Lipinski definition) is 8. The first-order valence-corrected chi connectivity index (χ1v) is 11.2. The van der Waals surface area contributed by atoms with Crippen LogP contribution in [0.3, 0.4) is 0 Å². The summed E-state index contributed by atoms with van der Waals surface area (Å²) >= 11 is 0. The summed E-state index contributed by atoms with van der Waals surface area (Å²) in [7, 11) is -3.15. The molecule has 30 heavy (non-hydrogen) atoms. The van der Waals surface area contributed by atoms with Gasteiger partial charge in [0.2, 0.25) is 5.95 Å². The molecule has 4 N–H and O–H groups in total. The van der Waals surface area contributed by atoms with Gasteiger partial charge < -0.3 is 21.4 Å². The Morgan fingerprint density at radius 1 is 1.27 bits per heavy atom. The number of sulfone groups is 1. The summed E-state index contributed by atoms with van der Waals surface area (Å²) in [6.07, 6.45) is -0.123. The Bertz CT molecular complexity index is 1040. The van der Waals surface area contributed by atoms with Crippen LogP contribution in [0.2, 0.25) is 0 Å². The molecule has 8 nitrogen and oxygen atoms in total. The molecule has 12 heteroatoms. The van der Waals surface area contributed by atoms with Crippen LogP contribution < -0.4 is 16.0 Å². The minimum atomic E-state index is -4.58. The molecule has 1 aliphatic carbocycles. The first-order valence-electron chi connectivity index (χ1n) is 9.09. The van der Waals surface area contributed by atoms with E-state index in [9.17, 15) is 21.6 Å². The van der Waals surface area contributed by atoms with E-state index in [2.05, 4.69) is 25.9 Å². The zero-order valence-electron chi connectivity index (χ0n) is 16.0. The van der Waals surface area contributed by atoms with Crippen LogP contribution in [-0.4, -0.2) is 49.2 Å². The highest BCUT2D eigenvalue weighted by Crippen LogP contribution is 2.36. The lowest BCUT2D eigenvalue weighted by Crippen LogP contribution is -2.16. The second-order valence-electron chi connectivity index (χ2n) is 6.97. The molecule has 1 aliphatic rings. The number of nitrogens with zero attached hydrogens (tertiary/aromatic N) is 2. The van der Waals surface area contributed by atoms with Crippen LogP contribution in [0.5, 0.6) is 0 Å². The second kappa shape index (κ2) is 8.46. The third-order valence-electron chi connectivity index (χ3n) is 4.30. The van der Waals surface area contributed by atoms with E-state index in [1.807, 2.05) is 0 Å². The van der Waals surface area contributed by atoms with Gasteiger partial charge in [0.05, 0.1) is 11.4 Å². The van der Waals surface area contributed by atoms with Crippen LogP contribution in [0, 0.1) is 5.41 Å². The molecular formula is C18H21F3N6O2S. The van der Waals surface area contributed by atoms with Gasteiger partial charge in [-0.05, 0) is 25.0 Å². The predicted molar refractivity (Wildman–Crippen MR) is 109 cm³/mol. The SMILES string of the molecule is CS(=O)(=O)CCNc1cccc(Nc2ncc(C(F)(F)F)c(NC3CC3)n2)c1C=N. The molecule has 0 amide bonds. The van der Waals surface area contributed by atoms with Crippen molar-refractivity contribution in [2.24, 2.45) is 0 Å². The summed E-state index contributed by atoms with van der Waals surface area (Å²) in [5, 5.41) is 16.3. The van der Waals surface area contributed by atoms with Gasteiger partial charge in [0.15, 0.2) is 0 Å². The summed E-state index contributed by atoms with van der Waals surface area (Å²) in [6.45, 7) is 0.148. The smallest absolute Gasteiger partial charge is 0.383 e. The first-order chi connectivity index (χ1) is 14.1. The Morgan fingerprint density at radius 3 is 2.57 bits per heavy atom. The quantitative estimate of drug-likeness (QED) is 0.440. The van der Waals surface area contributed by atoms with Gasteiger partial charge in [0, 0.05) is 42.5 Å². The first kappa shape index (κ1) is 21.8. The van der Waals surface area contributed by atoms with Gasteiger partial charge in [-0.2, -0.15) is 18.2 Å². The highest BCUT2D eigenvalue weighted by Gasteiger charge is 2.36. The molecule has 0 unspecified atom stereocenters. The lowest BCUT2D eigenvalue weighted by Gasteiger charge is -2.16. The molecule has 0 atom stereocenters. The predicted octanol–water partition coefficient (Wildman–Crippen LogP) is 3.27. The fraction of sp³-hybridized carbons (Fsp3) is 0.389. The van der Waals surface area contributed by atoms with Crippen LogP contribution in [0.15, 0.2) is 24.4 Å². The summed E-state index contributed by atoms with van der Waals surface area (Å²) < 4.78 is 62.3. The van der Waals surface area contributed by atoms with Crippen molar-refractivity contribution in [3.63, 3.8) is 0 Å². The maximum Gasteiger partial charge on any atom is 0.421 e. The van der Waals surface area contributed by atoms with Crippen molar-refractivity contribution >= 4 is 39.2 Å². The minimum absolute atomic E-state index is 0.0339. The van der Waals surface area contributed by atoms with E-state index >= 15 is 0 Å². The van der Waals surface area contributed by atoms with E-state index in [-0.39, 0.29) is 30.1 Å². The average Bonchev–Trinajstić information content (AvgIpc) is 3.44. The van der Waals surface area contributed by atoms with Crippen LogP contribution in [-0.2, 0) is 16.0 Å². The van der Waals surface area contributed by atoms with Crippen LogP contribution in [0.4, 0.5) is 36.3 Å². The molecule has 0 bridgehead atoms. The largest absolute Gasteiger partial charge is 0.421 e. The molecule has 1 aromatic carbocycles. The van der Waals surface area contributed by atoms with E-state index in [1.165, 1.54) is 0 Å². The molecule has 0 saturated heterocycles. The Labute approximate surface area is 171 Å². The third kappa shape index (κ3) is 5.81. The molecule has 0 radical (unpaired) electrons. The molecule has 1 heterocycles. The van der Waals surface area contributed by atoms with Gasteiger partial charge in [-0.3, -0.25) is 0 Å². The van der Waals surface area contributed by atoms with E-state index in [0.717, 1.165) is 31.5 Å². The highest BCUT2D eigenvalue weighted by molar-refractivity contribution is 7.90. The lowest BCUT2D eigenvalue weighted by molar-refractivity contribution is -0.137. The molecule has 1 fully saturated rings. The Balaban J connectivity index is 1.84. The number of benzene rings is 1. The Hall–Kier alpha value is -2.89. The highest BCUT2D eigenvalue weighted by atomic mass is 32.2. The van der Waals surface area contributed by atoms with Gasteiger partial charge in [0.25, 0.3) is 0 Å². The lowest BCUT2D eigenvalue weighted by atomic mass is 10.1. The zero-order valence-corrected chi connectivity index (χ0v) is 16.9. The summed E-state index contributed by atoms with van der Waals surface area (Å²) in [4.78, 5) is 7.76. The Morgan fingerprint density at radius 2 is 1.97 bits per heavy atom. The second-order valence-corrected chi connectivity index (χ2v) is 9.22. The van der Waals surface area contributed by atoms with Crippen molar-refractivity contribution in [3.05, 3.63) is 35.5 Å². The molecule has 1 saturated carbocycles. The van der Waals surface area contributed by atoms with Crippen molar-refractivity contribution in [2.45, 2.75) is 25.1 Å². The van der Waals surface area contributed by atoms with Crippen molar-refractivity contribution in [1.29, 1.82) is 5.41 Å². The molecule has 162 valence electrons. The van der Waals surface area contributed by atoms with Crippen LogP contribution >= 0.6 is 0 Å². The molecule has 2 aromatic rings. The summed E-state index contributed by atoms with van der Waals surface area (Å²) in [5.74, 6) is -0.427. The summed E-state index contributed by atoms with van der Waals surface area (Å²) in [5.41, 5.74) is 0.350. The van der Waals surface area contributed by atoms with E-state index in [4.69, 9.17) is 5.41 Å². The molecule has 0 aliphatic heterocycles. The number of halogens is 3. The fourth-order valence-corrected chi connectivity index (χ4v) is 3.13. The van der Waals surface area contributed by atoms with Crippen molar-refractivity contribution in [2.75, 3.05) is 34.5 Å². The number of anilines is 4. The maximum atomic E-state index is 13.2. The molecule has 3 rings (SSSR count). The number of hydrogen-bond donors (Lipinski definition) is 4. The molecule has 1 aromatic heterocycles. The Kier molecular flexibility index (Phi) is 6.15. The topological polar surface area (TPSA) is 120 Å². The summed E-state index contributed by atoms with van der Waals surface area (Å²) in [6, 6.07) is 4.91. The normalized spacial score (nSPS) is 14.3. The van der Waals surface area contributed by atoms with E-state index in [0.29, 0.717) is 16.9 Å². The number of nitrogens with one attached hydrogen (secondary N) is 4. The van der Waals surface area contributed by atoms with Gasteiger partial charge in [-0.25, -0.2) is 13.4 Å². The minimum Gasteiger partial charge on any atom is -0.383 e. The van der Waals surface area contributed by atoms with E-state index in [1.54, 1.807) is 18.2 Å². The number of rotatable bonds is 9.